The van der Waals surface area contributed by atoms with Gasteiger partial charge in [-0.15, -0.1) is 0 Å². The molecule has 0 saturated heterocycles. The zero-order valence-corrected chi connectivity index (χ0v) is 35.9. The van der Waals surface area contributed by atoms with Gasteiger partial charge >= 0.3 is 7.12 Å². The van der Waals surface area contributed by atoms with Crippen LogP contribution in [0.25, 0.3) is 21.9 Å². The van der Waals surface area contributed by atoms with Crippen molar-refractivity contribution < 1.29 is 48.3 Å². The van der Waals surface area contributed by atoms with Gasteiger partial charge in [0.2, 0.25) is 0 Å². The molecule has 2 aromatic heterocycles. The second-order valence-corrected chi connectivity index (χ2v) is 16.8. The van der Waals surface area contributed by atoms with Crippen LogP contribution in [0, 0.1) is 0 Å². The van der Waals surface area contributed by atoms with Crippen LogP contribution in [0.3, 0.4) is 0 Å². The zero-order valence-electron chi connectivity index (χ0n) is 31.2. The van der Waals surface area contributed by atoms with Gasteiger partial charge in [0.05, 0.1) is 35.0 Å². The largest absolute Gasteiger partial charge is 0.495 e. The fourth-order valence-corrected chi connectivity index (χ4v) is 8.50. The lowest BCUT2D eigenvalue weighted by molar-refractivity contribution is 0.402. The molecule has 0 unspecified atom stereocenters. The molecule has 4 N–H and O–H groups in total. The van der Waals surface area contributed by atoms with Gasteiger partial charge in [-0.05, 0) is 101 Å². The van der Waals surface area contributed by atoms with Crippen molar-refractivity contribution in [2.24, 2.45) is 0 Å². The fourth-order valence-electron chi connectivity index (χ4n) is 5.09. The molecule has 0 fully saturated rings. The summed E-state index contributed by atoms with van der Waals surface area (Å²) in [6, 6.07) is 17.0. The van der Waals surface area contributed by atoms with Crippen molar-refractivity contribution in [1.82, 2.24) is 10.3 Å². The van der Waals surface area contributed by atoms with Gasteiger partial charge in [0.25, 0.3) is 20.0 Å². The van der Waals surface area contributed by atoms with Gasteiger partial charge < -0.3 is 28.6 Å². The van der Waals surface area contributed by atoms with Crippen LogP contribution in [0.2, 0.25) is 16.4 Å². The molecule has 0 bridgehead atoms. The summed E-state index contributed by atoms with van der Waals surface area (Å²) in [4.78, 5) is 0.0647. The summed E-state index contributed by atoms with van der Waals surface area (Å²) < 4.78 is 77.9. The van der Waals surface area contributed by atoms with Gasteiger partial charge in [-0.3, -0.25) is 9.44 Å². The summed E-state index contributed by atoms with van der Waals surface area (Å²) >= 11 is 16.0. The van der Waals surface area contributed by atoms with Crippen LogP contribution in [0.15, 0.2) is 84.0 Å². The molecule has 0 aliphatic carbocycles. The molecule has 56 heavy (non-hydrogen) atoms. The van der Waals surface area contributed by atoms with Crippen LogP contribution in [-0.4, -0.2) is 58.5 Å². The van der Waals surface area contributed by atoms with E-state index in [2.05, 4.69) is 35.7 Å². The van der Waals surface area contributed by atoms with E-state index in [0.717, 1.165) is 16.7 Å². The summed E-state index contributed by atoms with van der Waals surface area (Å²) in [7, 11) is -6.17. The third-order valence-corrected chi connectivity index (χ3v) is 12.7. The number of benzene rings is 4. The maximum Gasteiger partial charge on any atom is 0.451 e. The Morgan fingerprint density at radius 3 is 1.54 bits per heavy atom. The predicted molar refractivity (Wildman–Crippen MR) is 226 cm³/mol. The summed E-state index contributed by atoms with van der Waals surface area (Å²) in [5.41, 5.74) is 3.42. The Kier molecular flexibility index (Phi) is 15.5. The standard InChI is InChI=1S/C18H19ClN2O4S.C16H14BrClN2O4S.C2H7BO2.2H2/c1-4-11-6-8-13(24-3)15(10-11)26(22,23)21-18-16-14(25-20-18)9-7-12(5-2)17(16)19;1-3-9-4-6-11(23-2)13(8-9)25(21,22)20-16-14-12(24-19-16)7-5-10(17)15(14)18;1-2-3(4)5;;/h6-10H,4-5H2,1-3H3,(H,20,21);4-8H,3H2,1-2H3,(H,19,20);4-5H,2H2,1H3;2*1H. The Balaban J connectivity index is 0.000000348. The van der Waals surface area contributed by atoms with E-state index in [-0.39, 0.29) is 35.8 Å². The highest BCUT2D eigenvalue weighted by Crippen LogP contribution is 2.38. The first-order chi connectivity index (χ1) is 26.5. The Bertz CT molecular complexity index is 2550. The van der Waals surface area contributed by atoms with Crippen molar-refractivity contribution in [1.29, 1.82) is 0 Å². The number of halogens is 3. The van der Waals surface area contributed by atoms with E-state index in [9.17, 15) is 16.8 Å². The van der Waals surface area contributed by atoms with E-state index in [0.29, 0.717) is 62.0 Å². The number of rotatable bonds is 12. The number of anilines is 2. The first-order valence-electron chi connectivity index (χ1n) is 17.1. The number of nitrogens with one attached hydrogen (secondary N) is 2. The number of aryl methyl sites for hydroxylation is 3. The SMILES string of the molecule is CCB(O)O.CCc1ccc(OC)c(S(=O)(=O)Nc2noc3ccc(Br)c(Cl)c23)c1.CCc1ccc(OC)c(S(=O)(=O)Nc2noc3ccc(CC)c(Cl)c23)c1.[HH].[HH]. The molecule has 0 atom stereocenters. The third kappa shape index (κ3) is 10.3. The zero-order chi connectivity index (χ0) is 41.4. The van der Waals surface area contributed by atoms with Crippen LogP contribution in [-0.2, 0) is 39.3 Å². The minimum absolute atomic E-state index is 0. The van der Waals surface area contributed by atoms with E-state index < -0.39 is 27.2 Å². The summed E-state index contributed by atoms with van der Waals surface area (Å²) in [5.74, 6) is 0.571. The molecule has 14 nitrogen and oxygen atoms in total. The molecule has 0 radical (unpaired) electrons. The fraction of sp³-hybridized carbons (Fsp3) is 0.278. The normalized spacial score (nSPS) is 11.3. The number of sulfonamides is 2. The Labute approximate surface area is 346 Å². The molecular formula is C36H44BBrCl2N4O10S2. The first kappa shape index (κ1) is 44.7. The highest BCUT2D eigenvalue weighted by molar-refractivity contribution is 9.10. The van der Waals surface area contributed by atoms with Gasteiger partial charge in [-0.1, -0.05) is 79.4 Å². The Hall–Kier alpha value is -4.04. The molecule has 4 aromatic carbocycles. The number of fused-ring (bicyclic) bond motifs is 2. The number of aromatic nitrogens is 2. The molecule has 2 heterocycles. The molecule has 0 aliphatic heterocycles. The smallest absolute Gasteiger partial charge is 0.451 e. The molecular weight excluding hydrogens is 874 g/mol. The Morgan fingerprint density at radius 2 is 1.14 bits per heavy atom. The quantitative estimate of drug-likeness (QED) is 0.0850. The van der Waals surface area contributed by atoms with Crippen LogP contribution >= 0.6 is 39.1 Å². The maximum absolute atomic E-state index is 12.9. The predicted octanol–water partition coefficient (Wildman–Crippen LogP) is 9.00. The third-order valence-electron chi connectivity index (χ3n) is 8.24. The monoisotopic (exact) mass is 916 g/mol. The number of methoxy groups -OCH3 is 2. The van der Waals surface area contributed by atoms with Crippen molar-refractivity contribution in [3.05, 3.63) is 91.9 Å². The minimum atomic E-state index is -3.95. The molecule has 304 valence electrons. The van der Waals surface area contributed by atoms with Crippen molar-refractivity contribution >= 4 is 99.9 Å². The molecule has 0 spiro atoms. The van der Waals surface area contributed by atoms with Crippen molar-refractivity contribution in [2.45, 2.75) is 63.1 Å². The molecule has 20 heteroatoms. The molecule has 6 aromatic rings. The second kappa shape index (κ2) is 19.4. The van der Waals surface area contributed by atoms with Crippen LogP contribution < -0.4 is 18.9 Å². The lowest BCUT2D eigenvalue weighted by Gasteiger charge is -2.12. The molecule has 0 saturated carbocycles. The molecule has 0 amide bonds. The lowest BCUT2D eigenvalue weighted by Crippen LogP contribution is -2.15. The summed E-state index contributed by atoms with van der Waals surface area (Å²) in [6.07, 6.45) is 2.52. The maximum atomic E-state index is 12.9. The van der Waals surface area contributed by atoms with E-state index in [1.165, 1.54) is 14.2 Å². The summed E-state index contributed by atoms with van der Waals surface area (Å²) in [5, 5.41) is 25.0. The highest BCUT2D eigenvalue weighted by atomic mass is 79.9. The van der Waals surface area contributed by atoms with Crippen LogP contribution in [0.5, 0.6) is 11.5 Å². The minimum Gasteiger partial charge on any atom is -0.495 e. The van der Waals surface area contributed by atoms with Gasteiger partial charge in [0.1, 0.15) is 21.3 Å². The molecule has 0 aliphatic rings. The number of ether oxygens (including phenoxy) is 2. The average Bonchev–Trinajstić information content (AvgIpc) is 3.79. The van der Waals surface area contributed by atoms with E-state index in [1.807, 2.05) is 39.0 Å². The van der Waals surface area contributed by atoms with Crippen molar-refractivity contribution in [3.8, 4) is 11.5 Å². The van der Waals surface area contributed by atoms with Crippen molar-refractivity contribution in [3.63, 3.8) is 0 Å². The average molecular weight is 919 g/mol. The number of hydrogen-bond donors (Lipinski definition) is 4. The van der Waals surface area contributed by atoms with E-state index >= 15 is 0 Å². The van der Waals surface area contributed by atoms with E-state index in [4.69, 9.17) is 51.8 Å². The van der Waals surface area contributed by atoms with Gasteiger partial charge in [0, 0.05) is 7.33 Å². The topological polar surface area (TPSA) is 203 Å². The van der Waals surface area contributed by atoms with Crippen LogP contribution in [0.4, 0.5) is 11.6 Å². The van der Waals surface area contributed by atoms with E-state index in [1.54, 1.807) is 49.4 Å². The van der Waals surface area contributed by atoms with Crippen molar-refractivity contribution in [2.75, 3.05) is 23.7 Å². The molecule has 6 rings (SSSR count). The van der Waals surface area contributed by atoms with Gasteiger partial charge in [0.15, 0.2) is 22.8 Å². The lowest BCUT2D eigenvalue weighted by atomic mass is 9.88. The number of nitrogens with zero attached hydrogens (tertiary/aromatic N) is 2. The summed E-state index contributed by atoms with van der Waals surface area (Å²) in [6.45, 7) is 7.55. The second-order valence-electron chi connectivity index (χ2n) is 11.8. The van der Waals surface area contributed by atoms with Crippen LogP contribution in [0.1, 0.15) is 47.2 Å². The first-order valence-corrected chi connectivity index (χ1v) is 21.6. The van der Waals surface area contributed by atoms with Gasteiger partial charge in [-0.25, -0.2) is 16.8 Å². The van der Waals surface area contributed by atoms with Gasteiger partial charge in [-0.2, -0.15) is 0 Å². The Morgan fingerprint density at radius 1 is 0.714 bits per heavy atom. The highest BCUT2D eigenvalue weighted by Gasteiger charge is 2.26. The number of hydrogen-bond acceptors (Lipinski definition) is 12.